The van der Waals surface area contributed by atoms with Gasteiger partial charge in [-0.3, -0.25) is 9.59 Å². The Bertz CT molecular complexity index is 267. The predicted molar refractivity (Wildman–Crippen MR) is 52.0 cm³/mol. The molecule has 0 N–H and O–H groups in total. The Balaban J connectivity index is 3.92. The van der Waals surface area contributed by atoms with E-state index in [-0.39, 0.29) is 19.6 Å². The van der Waals surface area contributed by atoms with E-state index in [1.807, 2.05) is 0 Å². The van der Waals surface area contributed by atoms with Crippen LogP contribution < -0.4 is 0 Å². The Morgan fingerprint density at radius 1 is 1.00 bits per heavy atom. The van der Waals surface area contributed by atoms with Crippen molar-refractivity contribution in [2.45, 2.75) is 20.3 Å². The normalized spacial score (nSPS) is 10.0. The number of esters is 2. The van der Waals surface area contributed by atoms with Crippen LogP contribution in [0, 0.1) is 0 Å². The van der Waals surface area contributed by atoms with Gasteiger partial charge < -0.3 is 9.47 Å². The quantitative estimate of drug-likeness (QED) is 0.368. The minimum Gasteiger partial charge on any atom is -0.466 e. The molecule has 0 rings (SSSR count). The lowest BCUT2D eigenvalue weighted by Crippen LogP contribution is -2.09. The highest BCUT2D eigenvalue weighted by Gasteiger charge is 2.07. The number of hydrogen-bond donors (Lipinski definition) is 0. The molecule has 0 amide bonds. The molecule has 0 saturated carbocycles. The third kappa shape index (κ3) is 7.42. The van der Waals surface area contributed by atoms with Crippen LogP contribution >= 0.6 is 0 Å². The van der Waals surface area contributed by atoms with Gasteiger partial charge in [0.05, 0.1) is 13.2 Å². The van der Waals surface area contributed by atoms with Crippen LogP contribution in [-0.4, -0.2) is 30.9 Å². The molecule has 0 heterocycles. The third-order valence-corrected chi connectivity index (χ3v) is 1.32. The highest BCUT2D eigenvalue weighted by atomic mass is 16.5. The van der Waals surface area contributed by atoms with Gasteiger partial charge in [-0.25, -0.2) is 4.79 Å². The maximum atomic E-state index is 11.0. The molecular formula is C10H14O5. The fourth-order valence-corrected chi connectivity index (χ4v) is 0.765. The largest absolute Gasteiger partial charge is 0.466 e. The molecule has 0 atom stereocenters. The van der Waals surface area contributed by atoms with Gasteiger partial charge >= 0.3 is 11.9 Å². The smallest absolute Gasteiger partial charge is 0.330 e. The summed E-state index contributed by atoms with van der Waals surface area (Å²) in [4.78, 5) is 32.7. The van der Waals surface area contributed by atoms with E-state index in [0.717, 1.165) is 12.2 Å². The average Bonchev–Trinajstić information content (AvgIpc) is 2.15. The fraction of sp³-hybridized carbons (Fsp3) is 0.500. The van der Waals surface area contributed by atoms with E-state index < -0.39 is 17.7 Å². The first-order valence-corrected chi connectivity index (χ1v) is 4.63. The molecule has 84 valence electrons. The van der Waals surface area contributed by atoms with E-state index in [4.69, 9.17) is 0 Å². The Morgan fingerprint density at radius 2 is 1.60 bits per heavy atom. The first kappa shape index (κ1) is 13.4. The predicted octanol–water partition coefficient (Wildman–Crippen LogP) is 0.628. The van der Waals surface area contributed by atoms with Gasteiger partial charge in [0.1, 0.15) is 6.42 Å². The van der Waals surface area contributed by atoms with Crippen molar-refractivity contribution >= 4 is 17.7 Å². The molecule has 0 aliphatic rings. The topological polar surface area (TPSA) is 69.7 Å². The third-order valence-electron chi connectivity index (χ3n) is 1.32. The molecule has 0 aliphatic carbocycles. The molecule has 0 aromatic rings. The van der Waals surface area contributed by atoms with Crippen LogP contribution in [0.5, 0.6) is 0 Å². The van der Waals surface area contributed by atoms with Gasteiger partial charge in [0.15, 0.2) is 5.78 Å². The second-order valence-corrected chi connectivity index (χ2v) is 2.53. The zero-order valence-electron chi connectivity index (χ0n) is 8.82. The minimum atomic E-state index is -0.602. The van der Waals surface area contributed by atoms with E-state index in [1.54, 1.807) is 13.8 Å². The Hall–Kier alpha value is -1.65. The van der Waals surface area contributed by atoms with Gasteiger partial charge in [-0.2, -0.15) is 0 Å². The number of carbonyl (C=O) groups excluding carboxylic acids is 3. The standard InChI is InChI=1S/C10H14O5/c1-3-14-9(12)6-5-8(11)7-10(13)15-4-2/h5-6H,3-4,7H2,1-2H3/b6-5+. The lowest BCUT2D eigenvalue weighted by atomic mass is 10.2. The van der Waals surface area contributed by atoms with Crippen molar-refractivity contribution in [3.05, 3.63) is 12.2 Å². The van der Waals surface area contributed by atoms with Crippen LogP contribution in [0.1, 0.15) is 20.3 Å². The molecule has 0 radical (unpaired) electrons. The summed E-state index contributed by atoms with van der Waals surface area (Å²) in [5.74, 6) is -1.69. The molecule has 0 aromatic heterocycles. The van der Waals surface area contributed by atoms with Crippen molar-refractivity contribution in [1.29, 1.82) is 0 Å². The van der Waals surface area contributed by atoms with Crippen molar-refractivity contribution in [1.82, 2.24) is 0 Å². The molecular weight excluding hydrogens is 200 g/mol. The molecule has 0 bridgehead atoms. The molecule has 0 fully saturated rings. The average molecular weight is 214 g/mol. The summed E-state index contributed by atoms with van der Waals surface area (Å²) in [6, 6.07) is 0. The lowest BCUT2D eigenvalue weighted by Gasteiger charge is -1.97. The molecule has 0 spiro atoms. The van der Waals surface area contributed by atoms with Crippen molar-refractivity contribution < 1.29 is 23.9 Å². The van der Waals surface area contributed by atoms with Gasteiger partial charge in [-0.15, -0.1) is 0 Å². The summed E-state index contributed by atoms with van der Waals surface area (Å²) < 4.78 is 9.11. The Morgan fingerprint density at radius 3 is 2.13 bits per heavy atom. The fourth-order valence-electron chi connectivity index (χ4n) is 0.765. The van der Waals surface area contributed by atoms with E-state index in [2.05, 4.69) is 9.47 Å². The van der Waals surface area contributed by atoms with Gasteiger partial charge in [0.25, 0.3) is 0 Å². The Labute approximate surface area is 88.0 Å². The lowest BCUT2D eigenvalue weighted by molar-refractivity contribution is -0.145. The van der Waals surface area contributed by atoms with Crippen LogP contribution in [-0.2, 0) is 23.9 Å². The summed E-state index contributed by atoms with van der Waals surface area (Å²) >= 11 is 0. The number of hydrogen-bond acceptors (Lipinski definition) is 5. The summed E-state index contributed by atoms with van der Waals surface area (Å²) in [5, 5.41) is 0. The van der Waals surface area contributed by atoms with Crippen LogP contribution in [0.4, 0.5) is 0 Å². The summed E-state index contributed by atoms with van der Waals surface area (Å²) in [7, 11) is 0. The molecule has 0 saturated heterocycles. The molecule has 0 aliphatic heterocycles. The molecule has 5 nitrogen and oxygen atoms in total. The van der Waals surface area contributed by atoms with Crippen LogP contribution in [0.2, 0.25) is 0 Å². The molecule has 15 heavy (non-hydrogen) atoms. The second-order valence-electron chi connectivity index (χ2n) is 2.53. The number of ether oxygens (including phenoxy) is 2. The van der Waals surface area contributed by atoms with Crippen molar-refractivity contribution in [2.75, 3.05) is 13.2 Å². The number of ketones is 1. The highest BCUT2D eigenvalue weighted by molar-refractivity contribution is 6.04. The van der Waals surface area contributed by atoms with E-state index in [1.165, 1.54) is 0 Å². The van der Waals surface area contributed by atoms with Crippen LogP contribution in [0.25, 0.3) is 0 Å². The van der Waals surface area contributed by atoms with Gasteiger partial charge in [-0.05, 0) is 19.9 Å². The second kappa shape index (κ2) is 7.73. The van der Waals surface area contributed by atoms with Gasteiger partial charge in [-0.1, -0.05) is 0 Å². The van der Waals surface area contributed by atoms with E-state index >= 15 is 0 Å². The highest BCUT2D eigenvalue weighted by Crippen LogP contribution is 1.91. The zero-order valence-corrected chi connectivity index (χ0v) is 8.82. The first-order chi connectivity index (χ1) is 7.10. The summed E-state index contributed by atoms with van der Waals surface area (Å²) in [5.41, 5.74) is 0. The molecule has 0 aromatic carbocycles. The minimum absolute atomic E-state index is 0.230. The van der Waals surface area contributed by atoms with Gasteiger partial charge in [0.2, 0.25) is 0 Å². The maximum Gasteiger partial charge on any atom is 0.330 e. The van der Waals surface area contributed by atoms with Crippen LogP contribution in [0.15, 0.2) is 12.2 Å². The summed E-state index contributed by atoms with van der Waals surface area (Å²) in [6.07, 6.45) is 1.64. The van der Waals surface area contributed by atoms with Crippen LogP contribution in [0.3, 0.4) is 0 Å². The molecule has 0 unspecified atom stereocenters. The van der Waals surface area contributed by atoms with E-state index in [0.29, 0.717) is 0 Å². The van der Waals surface area contributed by atoms with Crippen molar-refractivity contribution in [3.8, 4) is 0 Å². The number of carbonyl (C=O) groups is 3. The zero-order chi connectivity index (χ0) is 11.7. The maximum absolute atomic E-state index is 11.0. The monoisotopic (exact) mass is 214 g/mol. The van der Waals surface area contributed by atoms with Gasteiger partial charge in [0, 0.05) is 6.08 Å². The number of rotatable bonds is 6. The summed E-state index contributed by atoms with van der Waals surface area (Å²) in [6.45, 7) is 3.78. The number of allylic oxidation sites excluding steroid dienone is 1. The van der Waals surface area contributed by atoms with E-state index in [9.17, 15) is 14.4 Å². The van der Waals surface area contributed by atoms with Crippen molar-refractivity contribution in [3.63, 3.8) is 0 Å². The first-order valence-electron chi connectivity index (χ1n) is 4.63. The molecule has 5 heteroatoms. The Kier molecular flexibility index (Phi) is 6.88. The van der Waals surface area contributed by atoms with Crippen molar-refractivity contribution in [2.24, 2.45) is 0 Å². The SMILES string of the molecule is CCOC(=O)/C=C/C(=O)CC(=O)OCC.